The highest BCUT2D eigenvalue weighted by atomic mass is 16.3. The molecule has 0 fully saturated rings. The van der Waals surface area contributed by atoms with Crippen LogP contribution in [-0.4, -0.2) is 17.2 Å². The molecule has 1 rings (SSSR count). The number of hydrogen-bond acceptors (Lipinski definition) is 3. The van der Waals surface area contributed by atoms with E-state index in [4.69, 9.17) is 5.73 Å². The highest BCUT2D eigenvalue weighted by Gasteiger charge is 2.13. The summed E-state index contributed by atoms with van der Waals surface area (Å²) in [6.07, 6.45) is -0.482. The lowest BCUT2D eigenvalue weighted by atomic mass is 10.1. The van der Waals surface area contributed by atoms with Crippen LogP contribution in [0.15, 0.2) is 24.3 Å². The van der Waals surface area contributed by atoms with Gasteiger partial charge in [-0.15, -0.1) is 0 Å². The smallest absolute Gasteiger partial charge is 0.0914 e. The van der Waals surface area contributed by atoms with Gasteiger partial charge in [0.25, 0.3) is 0 Å². The molecule has 0 aromatic heterocycles. The second-order valence-corrected chi connectivity index (χ2v) is 4.81. The van der Waals surface area contributed by atoms with Crippen LogP contribution in [0.1, 0.15) is 32.4 Å². The van der Waals surface area contributed by atoms with Gasteiger partial charge in [-0.1, -0.05) is 12.1 Å². The molecule has 1 aromatic rings. The molecule has 0 radical (unpaired) electrons. The number of anilines is 1. The van der Waals surface area contributed by atoms with Gasteiger partial charge in [-0.2, -0.15) is 0 Å². The van der Waals surface area contributed by atoms with E-state index in [-0.39, 0.29) is 5.54 Å². The third kappa shape index (κ3) is 4.32. The molecule has 0 heterocycles. The summed E-state index contributed by atoms with van der Waals surface area (Å²) in [4.78, 5) is 0. The van der Waals surface area contributed by atoms with Crippen LogP contribution in [0, 0.1) is 0 Å². The van der Waals surface area contributed by atoms with Crippen LogP contribution in [0.2, 0.25) is 0 Å². The Hall–Kier alpha value is -1.06. The van der Waals surface area contributed by atoms with Gasteiger partial charge >= 0.3 is 0 Å². The molecule has 0 saturated carbocycles. The minimum atomic E-state index is -0.482. The Bertz CT molecular complexity index is 300. The van der Waals surface area contributed by atoms with Crippen molar-refractivity contribution < 1.29 is 5.11 Å². The maximum absolute atomic E-state index is 9.87. The number of aliphatic hydroxyl groups is 1. The number of hydrogen-bond donors (Lipinski definition) is 3. The van der Waals surface area contributed by atoms with Gasteiger partial charge in [0.1, 0.15) is 0 Å². The molecular formula is C12H20N2O. The van der Waals surface area contributed by atoms with Gasteiger partial charge < -0.3 is 16.2 Å². The minimum absolute atomic E-state index is 0.0226. The zero-order valence-corrected chi connectivity index (χ0v) is 9.62. The van der Waals surface area contributed by atoms with E-state index in [2.05, 4.69) is 26.1 Å². The van der Waals surface area contributed by atoms with Crippen molar-refractivity contribution in [3.8, 4) is 0 Å². The van der Waals surface area contributed by atoms with Crippen molar-refractivity contribution in [1.82, 2.24) is 5.32 Å². The van der Waals surface area contributed by atoms with E-state index >= 15 is 0 Å². The number of rotatable bonds is 3. The van der Waals surface area contributed by atoms with E-state index < -0.39 is 6.10 Å². The van der Waals surface area contributed by atoms with E-state index in [0.717, 1.165) is 11.3 Å². The predicted octanol–water partition coefficient (Wildman–Crippen LogP) is 1.69. The molecule has 0 aliphatic carbocycles. The van der Waals surface area contributed by atoms with E-state index in [0.29, 0.717) is 6.54 Å². The summed E-state index contributed by atoms with van der Waals surface area (Å²) >= 11 is 0. The number of nitrogen functional groups attached to an aromatic ring is 1. The average Bonchev–Trinajstić information content (AvgIpc) is 2.14. The van der Waals surface area contributed by atoms with Crippen LogP contribution in [-0.2, 0) is 0 Å². The van der Waals surface area contributed by atoms with Gasteiger partial charge in [-0.05, 0) is 38.5 Å². The molecule has 0 aliphatic heterocycles. The van der Waals surface area contributed by atoms with Gasteiger partial charge in [-0.25, -0.2) is 0 Å². The first-order chi connectivity index (χ1) is 6.88. The molecule has 0 bridgehead atoms. The predicted molar refractivity (Wildman–Crippen MR) is 63.6 cm³/mol. The van der Waals surface area contributed by atoms with Crippen molar-refractivity contribution in [3.05, 3.63) is 29.8 Å². The SMILES string of the molecule is CC(C)(C)NC[C@@H](O)c1ccc(N)cc1. The Morgan fingerprint density at radius 1 is 1.27 bits per heavy atom. The summed E-state index contributed by atoms with van der Waals surface area (Å²) < 4.78 is 0. The van der Waals surface area contributed by atoms with Crippen LogP contribution in [0.25, 0.3) is 0 Å². The second kappa shape index (κ2) is 4.64. The molecule has 4 N–H and O–H groups in total. The molecule has 3 heteroatoms. The second-order valence-electron chi connectivity index (χ2n) is 4.81. The van der Waals surface area contributed by atoms with Crippen molar-refractivity contribution in [2.75, 3.05) is 12.3 Å². The summed E-state index contributed by atoms with van der Waals surface area (Å²) in [6.45, 7) is 6.77. The first-order valence-corrected chi connectivity index (χ1v) is 5.17. The van der Waals surface area contributed by atoms with Crippen molar-refractivity contribution in [2.45, 2.75) is 32.4 Å². The zero-order chi connectivity index (χ0) is 11.5. The number of benzene rings is 1. The third-order valence-corrected chi connectivity index (χ3v) is 2.15. The highest BCUT2D eigenvalue weighted by molar-refractivity contribution is 5.39. The van der Waals surface area contributed by atoms with Crippen molar-refractivity contribution in [3.63, 3.8) is 0 Å². The zero-order valence-electron chi connectivity index (χ0n) is 9.62. The molecule has 0 spiro atoms. The largest absolute Gasteiger partial charge is 0.399 e. The summed E-state index contributed by atoms with van der Waals surface area (Å²) in [5.41, 5.74) is 7.20. The Labute approximate surface area is 91.3 Å². The summed E-state index contributed by atoms with van der Waals surface area (Å²) in [5, 5.41) is 13.1. The Morgan fingerprint density at radius 3 is 2.27 bits per heavy atom. The Kier molecular flexibility index (Phi) is 3.72. The highest BCUT2D eigenvalue weighted by Crippen LogP contribution is 2.14. The lowest BCUT2D eigenvalue weighted by Gasteiger charge is -2.23. The molecular weight excluding hydrogens is 188 g/mol. The quantitative estimate of drug-likeness (QED) is 0.662. The molecule has 0 amide bonds. The number of aliphatic hydroxyl groups excluding tert-OH is 1. The van der Waals surface area contributed by atoms with Gasteiger partial charge in [0.15, 0.2) is 0 Å². The van der Waals surface area contributed by atoms with Crippen LogP contribution >= 0.6 is 0 Å². The van der Waals surface area contributed by atoms with E-state index in [9.17, 15) is 5.11 Å². The van der Waals surface area contributed by atoms with Crippen LogP contribution < -0.4 is 11.1 Å². The lowest BCUT2D eigenvalue weighted by Crippen LogP contribution is -2.38. The average molecular weight is 208 g/mol. The van der Waals surface area contributed by atoms with E-state index in [1.54, 1.807) is 12.1 Å². The van der Waals surface area contributed by atoms with Crippen molar-refractivity contribution in [1.29, 1.82) is 0 Å². The Morgan fingerprint density at radius 2 is 1.80 bits per heavy atom. The monoisotopic (exact) mass is 208 g/mol. The van der Waals surface area contributed by atoms with Gasteiger partial charge in [0.05, 0.1) is 6.10 Å². The van der Waals surface area contributed by atoms with Crippen molar-refractivity contribution in [2.24, 2.45) is 0 Å². The Balaban J connectivity index is 2.54. The molecule has 0 unspecified atom stereocenters. The fourth-order valence-electron chi connectivity index (χ4n) is 1.24. The van der Waals surface area contributed by atoms with Crippen LogP contribution in [0.4, 0.5) is 5.69 Å². The molecule has 1 atom stereocenters. The molecule has 3 nitrogen and oxygen atoms in total. The minimum Gasteiger partial charge on any atom is -0.399 e. The van der Waals surface area contributed by atoms with Gasteiger partial charge in [-0.3, -0.25) is 0 Å². The maximum Gasteiger partial charge on any atom is 0.0914 e. The third-order valence-electron chi connectivity index (χ3n) is 2.15. The summed E-state index contributed by atoms with van der Waals surface area (Å²) in [6, 6.07) is 7.31. The van der Waals surface area contributed by atoms with Gasteiger partial charge in [0.2, 0.25) is 0 Å². The molecule has 84 valence electrons. The van der Waals surface area contributed by atoms with Crippen molar-refractivity contribution >= 4 is 5.69 Å². The standard InChI is InChI=1S/C12H20N2O/c1-12(2,3)14-8-11(15)9-4-6-10(13)7-5-9/h4-7,11,14-15H,8,13H2,1-3H3/t11-/m1/s1. The number of β-amino-alcohol motifs (C(OH)–C–C–N with tert-alkyl or cyclic N) is 1. The van der Waals surface area contributed by atoms with E-state index in [1.165, 1.54) is 0 Å². The number of nitrogens with two attached hydrogens (primary N) is 1. The lowest BCUT2D eigenvalue weighted by molar-refractivity contribution is 0.163. The first kappa shape index (κ1) is 12.0. The molecule has 0 saturated heterocycles. The first-order valence-electron chi connectivity index (χ1n) is 5.17. The molecule has 1 aromatic carbocycles. The van der Waals surface area contributed by atoms with Gasteiger partial charge in [0, 0.05) is 17.8 Å². The summed E-state index contributed by atoms with van der Waals surface area (Å²) in [5.74, 6) is 0. The number of nitrogens with one attached hydrogen (secondary N) is 1. The molecule has 0 aliphatic rings. The van der Waals surface area contributed by atoms with Crippen LogP contribution in [0.3, 0.4) is 0 Å². The molecule has 15 heavy (non-hydrogen) atoms. The normalized spacial score (nSPS) is 13.9. The maximum atomic E-state index is 9.87. The topological polar surface area (TPSA) is 58.3 Å². The summed E-state index contributed by atoms with van der Waals surface area (Å²) in [7, 11) is 0. The fraction of sp³-hybridized carbons (Fsp3) is 0.500. The van der Waals surface area contributed by atoms with Crippen LogP contribution in [0.5, 0.6) is 0 Å². The van der Waals surface area contributed by atoms with E-state index in [1.807, 2.05) is 12.1 Å². The fourth-order valence-corrected chi connectivity index (χ4v) is 1.24.